The molecule has 0 aromatic heterocycles. The van der Waals surface area contributed by atoms with Gasteiger partial charge < -0.3 is 15.6 Å². The molecule has 2 aromatic carbocycles. The maximum Gasteiger partial charge on any atom is 0.124 e. The molecule has 0 amide bonds. The minimum atomic E-state index is -0.565. The van der Waals surface area contributed by atoms with Gasteiger partial charge >= 0.3 is 0 Å². The van der Waals surface area contributed by atoms with Crippen molar-refractivity contribution in [3.8, 4) is 5.75 Å². The third-order valence-electron chi connectivity index (χ3n) is 3.40. The Labute approximate surface area is 114 Å². The fourth-order valence-corrected chi connectivity index (χ4v) is 2.35. The first-order valence-corrected chi connectivity index (χ1v) is 6.77. The molecule has 0 radical (unpaired) electrons. The molecule has 0 saturated heterocycles. The molecule has 3 heteroatoms. The summed E-state index contributed by atoms with van der Waals surface area (Å²) in [6.45, 7) is 4.46. The zero-order chi connectivity index (χ0) is 13.8. The van der Waals surface area contributed by atoms with Crippen LogP contribution in [0.15, 0.2) is 36.4 Å². The molecule has 3 nitrogen and oxygen atoms in total. The van der Waals surface area contributed by atoms with Crippen LogP contribution in [-0.2, 0) is 0 Å². The number of hydrogen-bond acceptors (Lipinski definition) is 3. The van der Waals surface area contributed by atoms with Crippen LogP contribution in [0.3, 0.4) is 0 Å². The van der Waals surface area contributed by atoms with Gasteiger partial charge in [0.15, 0.2) is 0 Å². The lowest BCUT2D eigenvalue weighted by Gasteiger charge is -2.22. The number of aliphatic hydroxyl groups excluding tert-OH is 1. The van der Waals surface area contributed by atoms with E-state index in [2.05, 4.69) is 0 Å². The van der Waals surface area contributed by atoms with E-state index in [0.29, 0.717) is 13.0 Å². The molecule has 3 N–H and O–H groups in total. The Hall–Kier alpha value is -1.58. The van der Waals surface area contributed by atoms with Crippen LogP contribution in [0, 0.1) is 0 Å². The molecule has 2 rings (SSSR count). The van der Waals surface area contributed by atoms with Crippen molar-refractivity contribution in [2.24, 2.45) is 5.73 Å². The summed E-state index contributed by atoms with van der Waals surface area (Å²) in [4.78, 5) is 0. The van der Waals surface area contributed by atoms with Gasteiger partial charge in [-0.15, -0.1) is 0 Å². The Kier molecular flexibility index (Phi) is 4.40. The van der Waals surface area contributed by atoms with E-state index in [1.165, 1.54) is 0 Å². The molecule has 19 heavy (non-hydrogen) atoms. The van der Waals surface area contributed by atoms with E-state index < -0.39 is 12.1 Å². The van der Waals surface area contributed by atoms with Crippen molar-refractivity contribution < 1.29 is 9.84 Å². The second-order valence-corrected chi connectivity index (χ2v) is 4.63. The van der Waals surface area contributed by atoms with E-state index in [4.69, 9.17) is 10.5 Å². The highest BCUT2D eigenvalue weighted by Gasteiger charge is 2.21. The summed E-state index contributed by atoms with van der Waals surface area (Å²) in [6.07, 6.45) is 0.0562. The molecule has 0 aliphatic carbocycles. The van der Waals surface area contributed by atoms with Crippen molar-refractivity contribution in [3.05, 3.63) is 42.0 Å². The highest BCUT2D eigenvalue weighted by atomic mass is 16.5. The monoisotopic (exact) mass is 259 g/mol. The Morgan fingerprint density at radius 2 is 1.89 bits per heavy atom. The SMILES string of the molecule is CCOc1ccc2ccccc2c1[C@@H](N)[C@@H](O)CC. The highest BCUT2D eigenvalue weighted by molar-refractivity contribution is 5.88. The molecule has 0 bridgehead atoms. The first-order chi connectivity index (χ1) is 9.19. The van der Waals surface area contributed by atoms with Crippen LogP contribution in [0.4, 0.5) is 0 Å². The van der Waals surface area contributed by atoms with Gasteiger partial charge in [-0.1, -0.05) is 37.3 Å². The Morgan fingerprint density at radius 1 is 1.16 bits per heavy atom. The molecule has 2 atom stereocenters. The van der Waals surface area contributed by atoms with Crippen molar-refractivity contribution >= 4 is 10.8 Å². The van der Waals surface area contributed by atoms with Crippen molar-refractivity contribution in [1.29, 1.82) is 0 Å². The van der Waals surface area contributed by atoms with Crippen LogP contribution in [-0.4, -0.2) is 17.8 Å². The number of hydrogen-bond donors (Lipinski definition) is 2. The number of fused-ring (bicyclic) bond motifs is 1. The lowest BCUT2D eigenvalue weighted by Crippen LogP contribution is -2.26. The molecular formula is C16H21NO2. The lowest BCUT2D eigenvalue weighted by atomic mass is 9.94. The van der Waals surface area contributed by atoms with E-state index in [-0.39, 0.29) is 0 Å². The summed E-state index contributed by atoms with van der Waals surface area (Å²) in [6, 6.07) is 11.6. The van der Waals surface area contributed by atoms with Gasteiger partial charge in [-0.05, 0) is 30.2 Å². The Morgan fingerprint density at radius 3 is 2.58 bits per heavy atom. The van der Waals surface area contributed by atoms with E-state index in [9.17, 15) is 5.11 Å². The summed E-state index contributed by atoms with van der Waals surface area (Å²) in [5, 5.41) is 12.2. The van der Waals surface area contributed by atoms with Crippen LogP contribution < -0.4 is 10.5 Å². The average molecular weight is 259 g/mol. The fraction of sp³-hybridized carbons (Fsp3) is 0.375. The van der Waals surface area contributed by atoms with Gasteiger partial charge in [-0.2, -0.15) is 0 Å². The standard InChI is InChI=1S/C16H21NO2/c1-3-13(18)16(17)15-12-8-6-5-7-11(12)9-10-14(15)19-4-2/h5-10,13,16,18H,3-4,17H2,1-2H3/t13-,16-/m0/s1. The van der Waals surface area contributed by atoms with Crippen LogP contribution in [0.1, 0.15) is 31.9 Å². The van der Waals surface area contributed by atoms with E-state index in [0.717, 1.165) is 22.1 Å². The molecule has 0 fully saturated rings. The van der Waals surface area contributed by atoms with E-state index in [1.54, 1.807) is 0 Å². The van der Waals surface area contributed by atoms with Crippen LogP contribution in [0.5, 0.6) is 5.75 Å². The van der Waals surface area contributed by atoms with Crippen molar-refractivity contribution in [2.75, 3.05) is 6.61 Å². The fourth-order valence-electron chi connectivity index (χ4n) is 2.35. The van der Waals surface area contributed by atoms with Crippen LogP contribution in [0.2, 0.25) is 0 Å². The zero-order valence-electron chi connectivity index (χ0n) is 11.5. The summed E-state index contributed by atoms with van der Waals surface area (Å²) in [7, 11) is 0. The average Bonchev–Trinajstić information content (AvgIpc) is 2.45. The van der Waals surface area contributed by atoms with E-state index >= 15 is 0 Å². The quantitative estimate of drug-likeness (QED) is 0.867. The molecule has 0 aliphatic heterocycles. The van der Waals surface area contributed by atoms with Crippen molar-refractivity contribution in [3.63, 3.8) is 0 Å². The number of rotatable bonds is 5. The predicted octanol–water partition coefficient (Wildman–Crippen LogP) is 3.01. The zero-order valence-corrected chi connectivity index (χ0v) is 11.5. The minimum absolute atomic E-state index is 0.433. The Balaban J connectivity index is 2.61. The summed E-state index contributed by atoms with van der Waals surface area (Å²) >= 11 is 0. The van der Waals surface area contributed by atoms with Gasteiger partial charge in [0, 0.05) is 5.56 Å². The molecule has 0 heterocycles. The number of nitrogens with two attached hydrogens (primary N) is 1. The lowest BCUT2D eigenvalue weighted by molar-refractivity contribution is 0.139. The number of ether oxygens (including phenoxy) is 1. The van der Waals surface area contributed by atoms with Gasteiger partial charge in [0.25, 0.3) is 0 Å². The maximum absolute atomic E-state index is 10.1. The molecule has 0 saturated carbocycles. The van der Waals surface area contributed by atoms with Crippen molar-refractivity contribution in [2.45, 2.75) is 32.4 Å². The summed E-state index contributed by atoms with van der Waals surface area (Å²) < 4.78 is 5.67. The highest BCUT2D eigenvalue weighted by Crippen LogP contribution is 2.34. The van der Waals surface area contributed by atoms with Gasteiger partial charge in [-0.3, -0.25) is 0 Å². The van der Waals surface area contributed by atoms with Gasteiger partial charge in [-0.25, -0.2) is 0 Å². The second-order valence-electron chi connectivity index (χ2n) is 4.63. The first kappa shape index (κ1) is 13.8. The largest absolute Gasteiger partial charge is 0.494 e. The van der Waals surface area contributed by atoms with Crippen LogP contribution in [0.25, 0.3) is 10.8 Å². The van der Waals surface area contributed by atoms with Gasteiger partial charge in [0.1, 0.15) is 5.75 Å². The topological polar surface area (TPSA) is 55.5 Å². The van der Waals surface area contributed by atoms with Crippen molar-refractivity contribution in [1.82, 2.24) is 0 Å². The smallest absolute Gasteiger partial charge is 0.124 e. The molecule has 0 unspecified atom stereocenters. The molecule has 102 valence electrons. The molecule has 0 aliphatic rings. The van der Waals surface area contributed by atoms with Gasteiger partial charge in [0.2, 0.25) is 0 Å². The maximum atomic E-state index is 10.1. The molecule has 0 spiro atoms. The third-order valence-corrected chi connectivity index (χ3v) is 3.40. The number of benzene rings is 2. The summed E-state index contributed by atoms with van der Waals surface area (Å²) in [5.41, 5.74) is 7.11. The minimum Gasteiger partial charge on any atom is -0.494 e. The second kappa shape index (κ2) is 6.04. The number of aliphatic hydroxyl groups is 1. The molecular weight excluding hydrogens is 238 g/mol. The normalized spacial score (nSPS) is 14.3. The third kappa shape index (κ3) is 2.72. The Bertz CT molecular complexity index is 553. The first-order valence-electron chi connectivity index (χ1n) is 6.77. The van der Waals surface area contributed by atoms with E-state index in [1.807, 2.05) is 50.2 Å². The molecule has 2 aromatic rings. The summed E-state index contributed by atoms with van der Waals surface area (Å²) in [5.74, 6) is 0.765. The predicted molar refractivity (Wildman–Crippen MR) is 78.3 cm³/mol. The van der Waals surface area contributed by atoms with Gasteiger partial charge in [0.05, 0.1) is 18.8 Å². The van der Waals surface area contributed by atoms with Crippen LogP contribution >= 0.6 is 0 Å².